The number of Topliss-reactive ketones (excluding diaryl/α,β-unsaturated/α-hetero) is 1. The van der Waals surface area contributed by atoms with Gasteiger partial charge in [0, 0.05) is 20.1 Å². The number of methoxy groups -OCH3 is 1. The lowest BCUT2D eigenvalue weighted by molar-refractivity contribution is -0.120. The Balaban J connectivity index is 1.93. The molecule has 0 radical (unpaired) electrons. The number of ether oxygens (including phenoxy) is 1. The lowest BCUT2D eigenvalue weighted by atomic mass is 10.0. The topological polar surface area (TPSA) is 58.6 Å². The fourth-order valence-electron chi connectivity index (χ4n) is 2.12. The van der Waals surface area contributed by atoms with Gasteiger partial charge in [0.2, 0.25) is 0 Å². The number of benzene rings is 1. The van der Waals surface area contributed by atoms with Crippen molar-refractivity contribution in [2.75, 3.05) is 13.7 Å². The molecule has 2 unspecified atom stereocenters. The number of rotatable bonds is 4. The molecule has 1 saturated heterocycles. The second kappa shape index (κ2) is 5.29. The maximum absolute atomic E-state index is 12.0. The third-order valence-corrected chi connectivity index (χ3v) is 3.10. The molecule has 0 aliphatic carbocycles. The van der Waals surface area contributed by atoms with E-state index in [0.29, 0.717) is 6.42 Å². The summed E-state index contributed by atoms with van der Waals surface area (Å²) in [5.41, 5.74) is 0.845. The molecule has 1 aromatic rings. The molecule has 1 fully saturated rings. The lowest BCUT2D eigenvalue weighted by Crippen LogP contribution is -2.31. The standard InChI is InChI=1S/C13H17NO3/c1-17-11-7-12(14-8-11)13(16)6-9-3-2-4-10(15)5-9/h2-5,11-12,14-15H,6-8H2,1H3. The molecule has 0 amide bonds. The Kier molecular flexibility index (Phi) is 3.76. The zero-order valence-corrected chi connectivity index (χ0v) is 9.85. The van der Waals surface area contributed by atoms with E-state index in [0.717, 1.165) is 18.5 Å². The first-order chi connectivity index (χ1) is 8.19. The van der Waals surface area contributed by atoms with Crippen molar-refractivity contribution in [2.24, 2.45) is 0 Å². The van der Waals surface area contributed by atoms with Crippen LogP contribution in [0.25, 0.3) is 0 Å². The van der Waals surface area contributed by atoms with Crippen LogP contribution in [0.1, 0.15) is 12.0 Å². The van der Waals surface area contributed by atoms with Crippen LogP contribution in [0.3, 0.4) is 0 Å². The van der Waals surface area contributed by atoms with Crippen LogP contribution in [-0.4, -0.2) is 36.7 Å². The Bertz CT molecular complexity index is 405. The number of nitrogens with one attached hydrogen (secondary N) is 1. The average molecular weight is 235 g/mol. The van der Waals surface area contributed by atoms with E-state index in [1.165, 1.54) is 0 Å². The summed E-state index contributed by atoms with van der Waals surface area (Å²) in [7, 11) is 1.66. The summed E-state index contributed by atoms with van der Waals surface area (Å²) < 4.78 is 5.21. The molecular weight excluding hydrogens is 218 g/mol. The molecule has 0 bridgehead atoms. The Morgan fingerprint density at radius 3 is 3.06 bits per heavy atom. The average Bonchev–Trinajstić information content (AvgIpc) is 2.77. The highest BCUT2D eigenvalue weighted by molar-refractivity contribution is 5.86. The smallest absolute Gasteiger partial charge is 0.154 e. The third kappa shape index (κ3) is 3.05. The largest absolute Gasteiger partial charge is 0.508 e. The highest BCUT2D eigenvalue weighted by Gasteiger charge is 2.28. The molecule has 17 heavy (non-hydrogen) atoms. The van der Waals surface area contributed by atoms with Crippen LogP contribution in [0.5, 0.6) is 5.75 Å². The first kappa shape index (κ1) is 12.1. The Hall–Kier alpha value is -1.39. The highest BCUT2D eigenvalue weighted by Crippen LogP contribution is 2.15. The van der Waals surface area contributed by atoms with Crippen LogP contribution in [0.4, 0.5) is 0 Å². The molecule has 0 aromatic heterocycles. The predicted molar refractivity (Wildman–Crippen MR) is 64.0 cm³/mol. The van der Waals surface area contributed by atoms with Gasteiger partial charge in [-0.25, -0.2) is 0 Å². The van der Waals surface area contributed by atoms with Gasteiger partial charge in [0.25, 0.3) is 0 Å². The molecule has 2 atom stereocenters. The van der Waals surface area contributed by atoms with Crippen molar-refractivity contribution >= 4 is 5.78 Å². The fraction of sp³-hybridized carbons (Fsp3) is 0.462. The Morgan fingerprint density at radius 2 is 2.41 bits per heavy atom. The van der Waals surface area contributed by atoms with E-state index in [9.17, 15) is 9.90 Å². The van der Waals surface area contributed by atoms with Crippen molar-refractivity contribution in [2.45, 2.75) is 25.0 Å². The van der Waals surface area contributed by atoms with Gasteiger partial charge in [0.1, 0.15) is 5.75 Å². The van der Waals surface area contributed by atoms with Crippen LogP contribution in [0.2, 0.25) is 0 Å². The van der Waals surface area contributed by atoms with Crippen molar-refractivity contribution in [1.82, 2.24) is 5.32 Å². The van der Waals surface area contributed by atoms with Crippen molar-refractivity contribution in [1.29, 1.82) is 0 Å². The van der Waals surface area contributed by atoms with Crippen LogP contribution in [-0.2, 0) is 16.0 Å². The maximum Gasteiger partial charge on any atom is 0.154 e. The van der Waals surface area contributed by atoms with Crippen LogP contribution in [0.15, 0.2) is 24.3 Å². The summed E-state index contributed by atoms with van der Waals surface area (Å²) >= 11 is 0. The summed E-state index contributed by atoms with van der Waals surface area (Å²) in [5.74, 6) is 0.347. The number of hydrogen-bond donors (Lipinski definition) is 2. The van der Waals surface area contributed by atoms with Gasteiger partial charge in [-0.1, -0.05) is 12.1 Å². The molecule has 1 aliphatic rings. The zero-order valence-electron chi connectivity index (χ0n) is 9.85. The molecule has 1 aliphatic heterocycles. The van der Waals surface area contributed by atoms with Crippen molar-refractivity contribution in [3.05, 3.63) is 29.8 Å². The van der Waals surface area contributed by atoms with E-state index in [2.05, 4.69) is 5.32 Å². The number of aromatic hydroxyl groups is 1. The van der Waals surface area contributed by atoms with Crippen LogP contribution < -0.4 is 5.32 Å². The number of carbonyl (C=O) groups is 1. The summed E-state index contributed by atoms with van der Waals surface area (Å²) in [4.78, 5) is 12.0. The normalized spacial score (nSPS) is 23.8. The summed E-state index contributed by atoms with van der Waals surface area (Å²) in [5, 5.41) is 12.5. The van der Waals surface area contributed by atoms with E-state index in [4.69, 9.17) is 4.74 Å². The SMILES string of the molecule is COC1CNC(C(=O)Cc2cccc(O)c2)C1. The van der Waals surface area contributed by atoms with Gasteiger partial charge in [-0.3, -0.25) is 4.79 Å². The van der Waals surface area contributed by atoms with E-state index < -0.39 is 0 Å². The first-order valence-electron chi connectivity index (χ1n) is 5.76. The number of phenolic OH excluding ortho intramolecular Hbond substituents is 1. The monoisotopic (exact) mass is 235 g/mol. The lowest BCUT2D eigenvalue weighted by Gasteiger charge is -2.09. The Morgan fingerprint density at radius 1 is 1.59 bits per heavy atom. The molecule has 4 nitrogen and oxygen atoms in total. The molecule has 2 N–H and O–H groups in total. The second-order valence-electron chi connectivity index (χ2n) is 4.37. The Labute approximate surface area is 101 Å². The molecular formula is C13H17NO3. The highest BCUT2D eigenvalue weighted by atomic mass is 16.5. The maximum atomic E-state index is 12.0. The third-order valence-electron chi connectivity index (χ3n) is 3.10. The van der Waals surface area contributed by atoms with E-state index in [1.54, 1.807) is 25.3 Å². The molecule has 0 spiro atoms. The number of phenols is 1. The molecule has 1 heterocycles. The van der Waals surface area contributed by atoms with Crippen molar-refractivity contribution in [3.8, 4) is 5.75 Å². The summed E-state index contributed by atoms with van der Waals surface area (Å²) in [6.45, 7) is 0.729. The molecule has 4 heteroatoms. The molecule has 92 valence electrons. The van der Waals surface area contributed by atoms with E-state index >= 15 is 0 Å². The predicted octanol–water partition coefficient (Wildman–Crippen LogP) is 0.881. The summed E-state index contributed by atoms with van der Waals surface area (Å²) in [6, 6.07) is 6.70. The van der Waals surface area contributed by atoms with Gasteiger partial charge >= 0.3 is 0 Å². The number of ketones is 1. The second-order valence-corrected chi connectivity index (χ2v) is 4.37. The van der Waals surface area contributed by atoms with Gasteiger partial charge in [-0.05, 0) is 24.1 Å². The van der Waals surface area contributed by atoms with Crippen LogP contribution in [0, 0.1) is 0 Å². The van der Waals surface area contributed by atoms with Gasteiger partial charge in [-0.15, -0.1) is 0 Å². The van der Waals surface area contributed by atoms with Gasteiger partial charge in [0.05, 0.1) is 12.1 Å². The first-order valence-corrected chi connectivity index (χ1v) is 5.76. The quantitative estimate of drug-likeness (QED) is 0.813. The van der Waals surface area contributed by atoms with E-state index in [-0.39, 0.29) is 23.7 Å². The number of hydrogen-bond acceptors (Lipinski definition) is 4. The summed E-state index contributed by atoms with van der Waals surface area (Å²) in [6.07, 6.45) is 1.21. The van der Waals surface area contributed by atoms with Crippen LogP contribution >= 0.6 is 0 Å². The zero-order chi connectivity index (χ0) is 12.3. The van der Waals surface area contributed by atoms with Gasteiger partial charge < -0.3 is 15.2 Å². The van der Waals surface area contributed by atoms with Gasteiger partial charge in [0.15, 0.2) is 5.78 Å². The fourth-order valence-corrected chi connectivity index (χ4v) is 2.12. The minimum Gasteiger partial charge on any atom is -0.508 e. The molecule has 2 rings (SSSR count). The van der Waals surface area contributed by atoms with Gasteiger partial charge in [-0.2, -0.15) is 0 Å². The minimum absolute atomic E-state index is 0.123. The molecule has 0 saturated carbocycles. The van der Waals surface area contributed by atoms with Crippen molar-refractivity contribution in [3.63, 3.8) is 0 Å². The minimum atomic E-state index is -0.123. The number of carbonyl (C=O) groups excluding carboxylic acids is 1. The van der Waals surface area contributed by atoms with E-state index in [1.807, 2.05) is 6.07 Å². The van der Waals surface area contributed by atoms with Crippen molar-refractivity contribution < 1.29 is 14.6 Å². The molecule has 1 aromatic carbocycles.